The van der Waals surface area contributed by atoms with Gasteiger partial charge in [-0.05, 0) is 72.4 Å². The summed E-state index contributed by atoms with van der Waals surface area (Å²) in [5.74, 6) is -0.283. The predicted molar refractivity (Wildman–Crippen MR) is 130 cm³/mol. The molecule has 0 unspecified atom stereocenters. The highest BCUT2D eigenvalue weighted by molar-refractivity contribution is 7.90. The first-order valence-electron chi connectivity index (χ1n) is 11.4. The summed E-state index contributed by atoms with van der Waals surface area (Å²) in [4.78, 5) is 12.6. The summed E-state index contributed by atoms with van der Waals surface area (Å²) in [6, 6.07) is 19.4. The Hall–Kier alpha value is -3.45. The monoisotopic (exact) mass is 476 g/mol. The first kappa shape index (κ1) is 22.3. The van der Waals surface area contributed by atoms with E-state index in [9.17, 15) is 17.6 Å². The Morgan fingerprint density at radius 3 is 2.32 bits per heavy atom. The zero-order valence-corrected chi connectivity index (χ0v) is 19.4. The van der Waals surface area contributed by atoms with E-state index in [1.165, 1.54) is 53.2 Å². The number of carbonyl (C=O) groups is 1. The summed E-state index contributed by atoms with van der Waals surface area (Å²) < 4.78 is 41.5. The maximum Gasteiger partial charge on any atom is 0.268 e. The Labute approximate surface area is 198 Å². The van der Waals surface area contributed by atoms with Crippen LogP contribution in [0.2, 0.25) is 0 Å². The number of para-hydroxylation sites is 1. The third-order valence-corrected chi connectivity index (χ3v) is 8.23. The number of halogens is 1. The molecule has 174 valence electrons. The van der Waals surface area contributed by atoms with Crippen LogP contribution in [0.5, 0.6) is 0 Å². The molecule has 0 bridgehead atoms. The van der Waals surface area contributed by atoms with Gasteiger partial charge in [0.25, 0.3) is 15.9 Å². The lowest BCUT2D eigenvalue weighted by Crippen LogP contribution is -2.22. The van der Waals surface area contributed by atoms with Crippen molar-refractivity contribution >= 4 is 26.8 Å². The number of benzene rings is 3. The Balaban J connectivity index is 1.39. The van der Waals surface area contributed by atoms with E-state index in [-0.39, 0.29) is 23.2 Å². The van der Waals surface area contributed by atoms with Gasteiger partial charge in [0.15, 0.2) is 0 Å². The van der Waals surface area contributed by atoms with Crippen molar-refractivity contribution in [1.82, 2.24) is 9.29 Å². The smallest absolute Gasteiger partial charge is 0.268 e. The lowest BCUT2D eigenvalue weighted by molar-refractivity contribution is 0.0951. The third-order valence-electron chi connectivity index (χ3n) is 6.54. The molecule has 0 atom stereocenters. The quantitative estimate of drug-likeness (QED) is 0.394. The molecule has 1 N–H and O–H groups in total. The lowest BCUT2D eigenvalue weighted by Gasteiger charge is -2.09. The van der Waals surface area contributed by atoms with E-state index in [0.717, 1.165) is 29.4 Å². The van der Waals surface area contributed by atoms with Gasteiger partial charge in [-0.1, -0.05) is 43.2 Å². The van der Waals surface area contributed by atoms with Crippen molar-refractivity contribution in [2.24, 2.45) is 0 Å². The molecule has 0 aliphatic heterocycles. The second kappa shape index (κ2) is 9.06. The average Bonchev–Trinajstić information content (AvgIpc) is 3.52. The van der Waals surface area contributed by atoms with E-state index in [0.29, 0.717) is 17.0 Å². The number of hydrogen-bond acceptors (Lipinski definition) is 3. The molecule has 1 saturated carbocycles. The fourth-order valence-corrected chi connectivity index (χ4v) is 6.09. The summed E-state index contributed by atoms with van der Waals surface area (Å²) in [6.07, 6.45) is 6.27. The first-order valence-corrected chi connectivity index (χ1v) is 12.9. The van der Waals surface area contributed by atoms with Crippen LogP contribution in [0.15, 0.2) is 83.9 Å². The number of nitrogens with zero attached hydrogens (tertiary/aromatic N) is 1. The fourth-order valence-electron chi connectivity index (χ4n) is 4.71. The largest absolute Gasteiger partial charge is 0.348 e. The van der Waals surface area contributed by atoms with E-state index in [1.807, 2.05) is 24.3 Å². The zero-order valence-electron chi connectivity index (χ0n) is 18.6. The van der Waals surface area contributed by atoms with Crippen LogP contribution in [0, 0.1) is 5.82 Å². The van der Waals surface area contributed by atoms with Crippen LogP contribution in [-0.4, -0.2) is 18.3 Å². The van der Waals surface area contributed by atoms with Crippen LogP contribution in [0.25, 0.3) is 10.9 Å². The highest BCUT2D eigenvalue weighted by Gasteiger charge is 2.26. The SMILES string of the molecule is O=C(NCc1ccc(F)cc1)c1ccc(S(=O)(=O)n2cc(C3CCCC3)c3ccccc32)cc1. The van der Waals surface area contributed by atoms with Gasteiger partial charge in [-0.15, -0.1) is 0 Å². The summed E-state index contributed by atoms with van der Waals surface area (Å²) >= 11 is 0. The van der Waals surface area contributed by atoms with E-state index < -0.39 is 10.0 Å². The second-order valence-corrected chi connectivity index (χ2v) is 10.5. The molecular formula is C27H25FN2O3S. The average molecular weight is 477 g/mol. The van der Waals surface area contributed by atoms with Crippen molar-refractivity contribution in [3.8, 4) is 0 Å². The van der Waals surface area contributed by atoms with Crippen LogP contribution in [0.3, 0.4) is 0 Å². The second-order valence-electron chi connectivity index (χ2n) is 8.72. The minimum absolute atomic E-state index is 0.126. The van der Waals surface area contributed by atoms with Gasteiger partial charge in [-0.25, -0.2) is 16.8 Å². The van der Waals surface area contributed by atoms with Crippen molar-refractivity contribution in [3.63, 3.8) is 0 Å². The predicted octanol–water partition coefficient (Wildman–Crippen LogP) is 5.61. The number of fused-ring (bicyclic) bond motifs is 1. The molecule has 34 heavy (non-hydrogen) atoms. The van der Waals surface area contributed by atoms with Crippen molar-refractivity contribution in [3.05, 3.63) is 102 Å². The molecule has 3 aromatic carbocycles. The number of hydrogen-bond donors (Lipinski definition) is 1. The standard InChI is InChI=1S/C27H25FN2O3S/c28-22-13-9-19(10-14-22)17-29-27(31)21-11-15-23(16-12-21)34(32,33)30-18-25(20-5-1-2-6-20)24-7-3-4-8-26(24)30/h3-4,7-16,18,20H,1-2,5-6,17H2,(H,29,31). The van der Waals surface area contributed by atoms with Crippen molar-refractivity contribution in [2.45, 2.75) is 43.0 Å². The molecule has 4 aromatic rings. The first-order chi connectivity index (χ1) is 16.4. The molecule has 1 aromatic heterocycles. The van der Waals surface area contributed by atoms with E-state index in [1.54, 1.807) is 18.3 Å². The Morgan fingerprint density at radius 1 is 0.941 bits per heavy atom. The minimum Gasteiger partial charge on any atom is -0.348 e. The van der Waals surface area contributed by atoms with Gasteiger partial charge >= 0.3 is 0 Å². The van der Waals surface area contributed by atoms with Crippen molar-refractivity contribution in [2.75, 3.05) is 0 Å². The van der Waals surface area contributed by atoms with E-state index in [2.05, 4.69) is 5.32 Å². The molecule has 7 heteroatoms. The third kappa shape index (κ3) is 4.23. The van der Waals surface area contributed by atoms with Gasteiger partial charge in [0.05, 0.1) is 10.4 Å². The highest BCUT2D eigenvalue weighted by atomic mass is 32.2. The molecule has 1 heterocycles. The molecule has 1 aliphatic rings. The Kier molecular flexibility index (Phi) is 5.96. The van der Waals surface area contributed by atoms with Crippen LogP contribution in [0.4, 0.5) is 4.39 Å². The van der Waals surface area contributed by atoms with Crippen molar-refractivity contribution in [1.29, 1.82) is 0 Å². The Bertz CT molecular complexity index is 1440. The molecule has 1 amide bonds. The molecule has 0 saturated heterocycles. The van der Waals surface area contributed by atoms with Crippen molar-refractivity contribution < 1.29 is 17.6 Å². The molecular weight excluding hydrogens is 451 g/mol. The highest BCUT2D eigenvalue weighted by Crippen LogP contribution is 2.39. The van der Waals surface area contributed by atoms with Gasteiger partial charge in [0.2, 0.25) is 0 Å². The van der Waals surface area contributed by atoms with Crippen LogP contribution >= 0.6 is 0 Å². The number of nitrogens with one attached hydrogen (secondary N) is 1. The summed E-state index contributed by atoms with van der Waals surface area (Å²) in [5.41, 5.74) is 2.88. The van der Waals surface area contributed by atoms with Crippen LogP contribution in [0.1, 0.15) is 53.1 Å². The molecule has 5 nitrogen and oxygen atoms in total. The van der Waals surface area contributed by atoms with Gasteiger partial charge in [-0.2, -0.15) is 0 Å². The molecule has 1 aliphatic carbocycles. The fraction of sp³-hybridized carbons (Fsp3) is 0.222. The minimum atomic E-state index is -3.83. The number of rotatable bonds is 6. The van der Waals surface area contributed by atoms with Gasteiger partial charge in [0.1, 0.15) is 5.82 Å². The van der Waals surface area contributed by atoms with Gasteiger partial charge < -0.3 is 5.32 Å². The summed E-state index contributed by atoms with van der Waals surface area (Å²) in [6.45, 7) is 0.248. The van der Waals surface area contributed by atoms with E-state index >= 15 is 0 Å². The molecule has 1 fully saturated rings. The van der Waals surface area contributed by atoms with Crippen LogP contribution in [-0.2, 0) is 16.6 Å². The lowest BCUT2D eigenvalue weighted by atomic mass is 9.97. The molecule has 0 radical (unpaired) electrons. The topological polar surface area (TPSA) is 68.2 Å². The van der Waals surface area contributed by atoms with Crippen LogP contribution < -0.4 is 5.32 Å². The number of carbonyl (C=O) groups excluding carboxylic acids is 1. The van der Waals surface area contributed by atoms with E-state index in [4.69, 9.17) is 0 Å². The maximum absolute atomic E-state index is 13.5. The normalized spacial score (nSPS) is 14.5. The number of amides is 1. The number of aromatic nitrogens is 1. The molecule has 5 rings (SSSR count). The van der Waals surface area contributed by atoms with Gasteiger partial charge in [-0.3, -0.25) is 4.79 Å². The summed E-state index contributed by atoms with van der Waals surface area (Å²) in [7, 11) is -3.83. The maximum atomic E-state index is 13.5. The Morgan fingerprint density at radius 2 is 1.62 bits per heavy atom. The van der Waals surface area contributed by atoms with Gasteiger partial charge in [0, 0.05) is 23.7 Å². The molecule has 0 spiro atoms. The zero-order chi connectivity index (χ0) is 23.7. The summed E-state index contributed by atoms with van der Waals surface area (Å²) in [5, 5.41) is 3.75.